The Kier molecular flexibility index (Phi) is 2.61. The molecular weight excluding hydrogens is 206 g/mol. The van der Waals surface area contributed by atoms with Gasteiger partial charge in [-0.05, 0) is 27.2 Å². The number of carbonyl (C=O) groups is 1. The number of ether oxygens (including phenoxy) is 1. The van der Waals surface area contributed by atoms with Crippen LogP contribution in [0.15, 0.2) is 12.3 Å². The first-order valence-corrected chi connectivity index (χ1v) is 5.47. The second-order valence-corrected chi connectivity index (χ2v) is 4.96. The summed E-state index contributed by atoms with van der Waals surface area (Å²) >= 11 is 0. The van der Waals surface area contributed by atoms with Gasteiger partial charge in [-0.15, -0.1) is 0 Å². The van der Waals surface area contributed by atoms with Crippen molar-refractivity contribution in [2.24, 2.45) is 0 Å². The minimum Gasteiger partial charge on any atom is -0.458 e. The van der Waals surface area contributed by atoms with E-state index in [1.807, 2.05) is 31.5 Å². The zero-order valence-corrected chi connectivity index (χ0v) is 9.86. The highest BCUT2D eigenvalue weighted by atomic mass is 16.6. The average Bonchev–Trinajstić information content (AvgIpc) is 2.61. The summed E-state index contributed by atoms with van der Waals surface area (Å²) in [5, 5.41) is 7.25. The second kappa shape index (κ2) is 3.81. The molecule has 0 amide bonds. The predicted octanol–water partition coefficient (Wildman–Crippen LogP) is 1.41. The standard InChI is InChI=1S/C11H17N3O2/c1-11(2,3)16-10(15)8-5-7-14-9(13-8)4-6-12-14/h4,6,8,13H,5,7H2,1-3H3. The van der Waals surface area contributed by atoms with Crippen molar-refractivity contribution in [3.8, 4) is 0 Å². The summed E-state index contributed by atoms with van der Waals surface area (Å²) in [7, 11) is 0. The zero-order valence-electron chi connectivity index (χ0n) is 9.86. The quantitative estimate of drug-likeness (QED) is 0.731. The van der Waals surface area contributed by atoms with E-state index in [1.165, 1.54) is 0 Å². The van der Waals surface area contributed by atoms with E-state index in [9.17, 15) is 4.79 Å². The molecule has 2 rings (SSSR count). The number of fused-ring (bicyclic) bond motifs is 1. The minimum atomic E-state index is -0.434. The Morgan fingerprint density at radius 1 is 1.62 bits per heavy atom. The lowest BCUT2D eigenvalue weighted by atomic mass is 10.1. The molecule has 1 unspecified atom stereocenters. The van der Waals surface area contributed by atoms with Gasteiger partial charge in [0.15, 0.2) is 0 Å². The molecule has 0 bridgehead atoms. The number of aromatic nitrogens is 2. The molecule has 2 heterocycles. The molecule has 5 nitrogen and oxygen atoms in total. The number of esters is 1. The van der Waals surface area contributed by atoms with Gasteiger partial charge in [-0.1, -0.05) is 0 Å². The van der Waals surface area contributed by atoms with Gasteiger partial charge in [0.25, 0.3) is 0 Å². The fraction of sp³-hybridized carbons (Fsp3) is 0.636. The SMILES string of the molecule is CC(C)(C)OC(=O)C1CCn2nccc2N1. The molecule has 1 N–H and O–H groups in total. The van der Waals surface area contributed by atoms with Gasteiger partial charge in [0.1, 0.15) is 17.5 Å². The molecule has 88 valence electrons. The molecule has 16 heavy (non-hydrogen) atoms. The van der Waals surface area contributed by atoms with Gasteiger partial charge in [0.05, 0.1) is 6.20 Å². The molecule has 0 fully saturated rings. The van der Waals surface area contributed by atoms with Gasteiger partial charge in [-0.2, -0.15) is 5.10 Å². The minimum absolute atomic E-state index is 0.194. The fourth-order valence-electron chi connectivity index (χ4n) is 1.69. The van der Waals surface area contributed by atoms with Gasteiger partial charge in [0.2, 0.25) is 0 Å². The Morgan fingerprint density at radius 3 is 3.06 bits per heavy atom. The van der Waals surface area contributed by atoms with Crippen molar-refractivity contribution in [1.29, 1.82) is 0 Å². The Hall–Kier alpha value is -1.52. The molecule has 0 saturated heterocycles. The lowest BCUT2D eigenvalue weighted by molar-refractivity contribution is -0.156. The highest BCUT2D eigenvalue weighted by molar-refractivity contribution is 5.79. The Labute approximate surface area is 94.8 Å². The van der Waals surface area contributed by atoms with Crippen LogP contribution in [-0.4, -0.2) is 27.4 Å². The third-order valence-electron chi connectivity index (χ3n) is 2.36. The van der Waals surface area contributed by atoms with E-state index in [-0.39, 0.29) is 12.0 Å². The smallest absolute Gasteiger partial charge is 0.329 e. The van der Waals surface area contributed by atoms with E-state index in [2.05, 4.69) is 10.4 Å². The molecule has 1 atom stereocenters. The molecule has 1 aromatic heterocycles. The van der Waals surface area contributed by atoms with Gasteiger partial charge in [-0.3, -0.25) is 0 Å². The van der Waals surface area contributed by atoms with Crippen LogP contribution < -0.4 is 5.32 Å². The number of aryl methyl sites for hydroxylation is 1. The maximum absolute atomic E-state index is 11.8. The van der Waals surface area contributed by atoms with Gasteiger partial charge < -0.3 is 10.1 Å². The third-order valence-corrected chi connectivity index (χ3v) is 2.36. The Morgan fingerprint density at radius 2 is 2.38 bits per heavy atom. The second-order valence-electron chi connectivity index (χ2n) is 4.96. The molecule has 0 spiro atoms. The van der Waals surface area contributed by atoms with Gasteiger partial charge in [0, 0.05) is 12.6 Å². The molecular formula is C11H17N3O2. The largest absolute Gasteiger partial charge is 0.458 e. The molecule has 1 aliphatic rings. The number of nitrogens with zero attached hydrogens (tertiary/aromatic N) is 2. The molecule has 0 saturated carbocycles. The van der Waals surface area contributed by atoms with Crippen molar-refractivity contribution in [3.63, 3.8) is 0 Å². The van der Waals surface area contributed by atoms with Gasteiger partial charge in [-0.25, -0.2) is 9.48 Å². The van der Waals surface area contributed by atoms with Crippen molar-refractivity contribution in [1.82, 2.24) is 9.78 Å². The molecule has 0 aliphatic carbocycles. The summed E-state index contributed by atoms with van der Waals surface area (Å²) < 4.78 is 7.19. The highest BCUT2D eigenvalue weighted by Crippen LogP contribution is 2.19. The first kappa shape index (κ1) is 11.0. The first-order valence-electron chi connectivity index (χ1n) is 5.47. The van der Waals surface area contributed by atoms with Crippen LogP contribution in [0.1, 0.15) is 27.2 Å². The molecule has 0 aromatic carbocycles. The predicted molar refractivity (Wildman–Crippen MR) is 60.1 cm³/mol. The topological polar surface area (TPSA) is 56.2 Å². The van der Waals surface area contributed by atoms with Crippen LogP contribution in [-0.2, 0) is 16.1 Å². The lowest BCUT2D eigenvalue weighted by Crippen LogP contribution is -2.40. The summed E-state index contributed by atoms with van der Waals surface area (Å²) in [6.45, 7) is 6.37. The van der Waals surface area contributed by atoms with Gasteiger partial charge >= 0.3 is 5.97 Å². The Bertz CT molecular complexity index is 392. The van der Waals surface area contributed by atoms with E-state index in [0.29, 0.717) is 6.42 Å². The number of hydrogen-bond acceptors (Lipinski definition) is 4. The number of rotatable bonds is 1. The normalized spacial score (nSPS) is 19.8. The number of carbonyl (C=O) groups excluding carboxylic acids is 1. The number of nitrogens with one attached hydrogen (secondary N) is 1. The van der Waals surface area contributed by atoms with Crippen molar-refractivity contribution in [2.45, 2.75) is 45.4 Å². The maximum Gasteiger partial charge on any atom is 0.329 e. The van der Waals surface area contributed by atoms with Crippen LogP contribution >= 0.6 is 0 Å². The summed E-state index contributed by atoms with van der Waals surface area (Å²) in [5.41, 5.74) is -0.434. The monoisotopic (exact) mass is 223 g/mol. The molecule has 5 heteroatoms. The fourth-order valence-corrected chi connectivity index (χ4v) is 1.69. The summed E-state index contributed by atoms with van der Waals surface area (Å²) in [6, 6.07) is 1.60. The van der Waals surface area contributed by atoms with Crippen molar-refractivity contribution in [3.05, 3.63) is 12.3 Å². The average molecular weight is 223 g/mol. The summed E-state index contributed by atoms with van der Waals surface area (Å²) in [4.78, 5) is 11.8. The first-order chi connectivity index (χ1) is 7.46. The molecule has 0 radical (unpaired) electrons. The van der Waals surface area contributed by atoms with Crippen LogP contribution in [0.2, 0.25) is 0 Å². The number of hydrogen-bond donors (Lipinski definition) is 1. The van der Waals surface area contributed by atoms with E-state index < -0.39 is 5.60 Å². The van der Waals surface area contributed by atoms with Crippen LogP contribution in [0.5, 0.6) is 0 Å². The van der Waals surface area contributed by atoms with E-state index in [0.717, 1.165) is 12.4 Å². The van der Waals surface area contributed by atoms with Crippen LogP contribution in [0, 0.1) is 0 Å². The third kappa shape index (κ3) is 2.35. The van der Waals surface area contributed by atoms with E-state index in [1.54, 1.807) is 6.20 Å². The summed E-state index contributed by atoms with van der Waals surface area (Å²) in [6.07, 6.45) is 2.43. The lowest BCUT2D eigenvalue weighted by Gasteiger charge is -2.27. The number of anilines is 1. The highest BCUT2D eigenvalue weighted by Gasteiger charge is 2.28. The van der Waals surface area contributed by atoms with E-state index in [4.69, 9.17) is 4.74 Å². The van der Waals surface area contributed by atoms with Crippen LogP contribution in [0.25, 0.3) is 0 Å². The van der Waals surface area contributed by atoms with Crippen molar-refractivity contribution < 1.29 is 9.53 Å². The Balaban J connectivity index is 2.01. The van der Waals surface area contributed by atoms with Crippen molar-refractivity contribution in [2.75, 3.05) is 5.32 Å². The maximum atomic E-state index is 11.8. The van der Waals surface area contributed by atoms with E-state index >= 15 is 0 Å². The van der Waals surface area contributed by atoms with Crippen molar-refractivity contribution >= 4 is 11.8 Å². The molecule has 1 aliphatic heterocycles. The zero-order chi connectivity index (χ0) is 11.8. The van der Waals surface area contributed by atoms with Crippen LogP contribution in [0.3, 0.4) is 0 Å². The van der Waals surface area contributed by atoms with Crippen LogP contribution in [0.4, 0.5) is 5.82 Å². The summed E-state index contributed by atoms with van der Waals surface area (Å²) in [5.74, 6) is 0.682. The molecule has 1 aromatic rings.